The van der Waals surface area contributed by atoms with Crippen LogP contribution in [0, 0.1) is 0 Å². The molecule has 1 rings (SSSR count). The van der Waals surface area contributed by atoms with Gasteiger partial charge in [-0.1, -0.05) is 13.3 Å². The fraction of sp³-hybridized carbons (Fsp3) is 1.00. The van der Waals surface area contributed by atoms with Gasteiger partial charge in [-0.15, -0.1) is 0 Å². The molecule has 0 aromatic rings. The van der Waals surface area contributed by atoms with Gasteiger partial charge in [0.05, 0.1) is 10.5 Å². The molecule has 0 amide bonds. The van der Waals surface area contributed by atoms with Crippen molar-refractivity contribution < 1.29 is 8.42 Å². The zero-order valence-corrected chi connectivity index (χ0v) is 13.7. The largest absolute Gasteiger partial charge is 0.312 e. The van der Waals surface area contributed by atoms with Crippen molar-refractivity contribution in [1.82, 2.24) is 5.32 Å². The van der Waals surface area contributed by atoms with Gasteiger partial charge in [-0.05, 0) is 39.4 Å². The predicted octanol–water partition coefficient (Wildman–Crippen LogP) is 2.46. The van der Waals surface area contributed by atoms with Gasteiger partial charge in [-0.25, -0.2) is 8.42 Å². The van der Waals surface area contributed by atoms with Crippen LogP contribution in [0.25, 0.3) is 0 Å². The van der Waals surface area contributed by atoms with Crippen LogP contribution in [0.3, 0.4) is 0 Å². The lowest BCUT2D eigenvalue weighted by Crippen LogP contribution is -2.40. The maximum absolute atomic E-state index is 12.0. The third-order valence-corrected chi connectivity index (χ3v) is 7.48. The normalized spacial score (nSPS) is 25.6. The van der Waals surface area contributed by atoms with Gasteiger partial charge in [0, 0.05) is 17.8 Å². The fourth-order valence-corrected chi connectivity index (χ4v) is 4.48. The zero-order chi connectivity index (χ0) is 13.8. The van der Waals surface area contributed by atoms with Crippen LogP contribution in [0.5, 0.6) is 0 Å². The summed E-state index contributed by atoms with van der Waals surface area (Å²) in [7, 11) is -2.99. The minimum atomic E-state index is -2.99. The first-order valence-corrected chi connectivity index (χ1v) is 9.55. The minimum Gasteiger partial charge on any atom is -0.312 e. The molecule has 1 aliphatic carbocycles. The number of sulfone groups is 1. The van der Waals surface area contributed by atoms with Crippen LogP contribution in [-0.4, -0.2) is 42.5 Å². The summed E-state index contributed by atoms with van der Waals surface area (Å²) in [6.07, 6.45) is 3.72. The number of hydrogen-bond acceptors (Lipinski definition) is 4. The summed E-state index contributed by atoms with van der Waals surface area (Å²) >= 11 is 2.00. The van der Waals surface area contributed by atoms with E-state index in [2.05, 4.69) is 12.2 Å². The summed E-state index contributed by atoms with van der Waals surface area (Å²) in [6, 6.07) is 0.505. The van der Waals surface area contributed by atoms with Crippen molar-refractivity contribution in [3.8, 4) is 0 Å². The average molecular weight is 293 g/mol. The van der Waals surface area contributed by atoms with Crippen LogP contribution < -0.4 is 5.32 Å². The Morgan fingerprint density at radius 3 is 2.50 bits per heavy atom. The molecule has 1 aliphatic rings. The molecule has 5 heteroatoms. The Morgan fingerprint density at radius 2 is 1.94 bits per heavy atom. The van der Waals surface area contributed by atoms with Crippen LogP contribution in [-0.2, 0) is 9.84 Å². The Morgan fingerprint density at radius 1 is 1.28 bits per heavy atom. The maximum Gasteiger partial charge on any atom is 0.156 e. The first-order valence-electron chi connectivity index (χ1n) is 6.85. The van der Waals surface area contributed by atoms with Gasteiger partial charge in [0.2, 0.25) is 0 Å². The summed E-state index contributed by atoms with van der Waals surface area (Å²) < 4.78 is 23.3. The fourth-order valence-electron chi connectivity index (χ4n) is 2.26. The average Bonchev–Trinajstić information content (AvgIpc) is 2.64. The van der Waals surface area contributed by atoms with E-state index in [1.54, 1.807) is 20.8 Å². The van der Waals surface area contributed by atoms with Crippen molar-refractivity contribution in [3.63, 3.8) is 0 Å². The van der Waals surface area contributed by atoms with Gasteiger partial charge < -0.3 is 5.32 Å². The molecule has 0 saturated heterocycles. The molecule has 0 aromatic heterocycles. The van der Waals surface area contributed by atoms with Gasteiger partial charge in [-0.2, -0.15) is 11.8 Å². The lowest BCUT2D eigenvalue weighted by Gasteiger charge is -2.22. The molecule has 108 valence electrons. The topological polar surface area (TPSA) is 46.2 Å². The molecule has 0 heterocycles. The molecular weight excluding hydrogens is 266 g/mol. The highest BCUT2D eigenvalue weighted by Crippen LogP contribution is 2.29. The van der Waals surface area contributed by atoms with E-state index in [1.165, 1.54) is 19.3 Å². The highest BCUT2D eigenvalue weighted by molar-refractivity contribution is 7.99. The summed E-state index contributed by atoms with van der Waals surface area (Å²) in [4.78, 5) is 0. The van der Waals surface area contributed by atoms with Gasteiger partial charge >= 0.3 is 0 Å². The Hall–Kier alpha value is 0.260. The molecule has 0 radical (unpaired) electrons. The number of thioether (sulfide) groups is 1. The number of nitrogens with one attached hydrogen (secondary N) is 1. The second kappa shape index (κ2) is 6.62. The van der Waals surface area contributed by atoms with E-state index < -0.39 is 14.6 Å². The van der Waals surface area contributed by atoms with E-state index in [0.29, 0.717) is 17.8 Å². The first-order chi connectivity index (χ1) is 8.28. The second-order valence-corrected chi connectivity index (χ2v) is 10.3. The smallest absolute Gasteiger partial charge is 0.156 e. The molecular formula is C13H27NO2S2. The van der Waals surface area contributed by atoms with E-state index in [4.69, 9.17) is 0 Å². The second-order valence-electron chi connectivity index (χ2n) is 5.92. The summed E-state index contributed by atoms with van der Waals surface area (Å²) in [5.41, 5.74) is 0. The Labute approximate surface area is 116 Å². The monoisotopic (exact) mass is 293 g/mol. The van der Waals surface area contributed by atoms with Gasteiger partial charge in [-0.3, -0.25) is 0 Å². The van der Waals surface area contributed by atoms with Crippen molar-refractivity contribution >= 4 is 21.6 Å². The van der Waals surface area contributed by atoms with Gasteiger partial charge in [0.15, 0.2) is 9.84 Å². The van der Waals surface area contributed by atoms with E-state index in [1.807, 2.05) is 11.8 Å². The molecule has 1 saturated carbocycles. The molecule has 1 N–H and O–H groups in total. The van der Waals surface area contributed by atoms with E-state index in [0.717, 1.165) is 5.75 Å². The molecule has 2 unspecified atom stereocenters. The molecule has 0 aliphatic heterocycles. The predicted molar refractivity (Wildman–Crippen MR) is 81.1 cm³/mol. The number of rotatable bonds is 6. The summed E-state index contributed by atoms with van der Waals surface area (Å²) in [5, 5.41) is 4.12. The third kappa shape index (κ3) is 4.42. The van der Waals surface area contributed by atoms with Crippen molar-refractivity contribution in [2.75, 3.05) is 18.1 Å². The SMILES string of the molecule is CCSC1CCCC1NCCS(=O)(=O)C(C)(C)C. The number of hydrogen-bond donors (Lipinski definition) is 1. The summed E-state index contributed by atoms with van der Waals surface area (Å²) in [5.74, 6) is 1.39. The van der Waals surface area contributed by atoms with Crippen LogP contribution >= 0.6 is 11.8 Å². The lowest BCUT2D eigenvalue weighted by molar-refractivity contribution is 0.531. The molecule has 2 atom stereocenters. The standard InChI is InChI=1S/C13H27NO2S2/c1-5-17-12-8-6-7-11(12)14-9-10-18(15,16)13(2,3)4/h11-12,14H,5-10H2,1-4H3. The maximum atomic E-state index is 12.0. The highest BCUT2D eigenvalue weighted by Gasteiger charge is 2.30. The van der Waals surface area contributed by atoms with Gasteiger partial charge in [0.25, 0.3) is 0 Å². The Bertz CT molecular complexity index is 346. The highest BCUT2D eigenvalue weighted by atomic mass is 32.2. The van der Waals surface area contributed by atoms with Crippen LogP contribution in [0.2, 0.25) is 0 Å². The molecule has 0 aromatic carbocycles. The minimum absolute atomic E-state index is 0.247. The van der Waals surface area contributed by atoms with E-state index in [9.17, 15) is 8.42 Å². The molecule has 1 fully saturated rings. The lowest BCUT2D eigenvalue weighted by atomic mass is 10.2. The van der Waals surface area contributed by atoms with E-state index >= 15 is 0 Å². The zero-order valence-electron chi connectivity index (χ0n) is 12.0. The molecule has 3 nitrogen and oxygen atoms in total. The molecule has 18 heavy (non-hydrogen) atoms. The van der Waals surface area contributed by atoms with Crippen molar-refractivity contribution in [3.05, 3.63) is 0 Å². The molecule has 0 spiro atoms. The summed E-state index contributed by atoms with van der Waals surface area (Å²) in [6.45, 7) is 8.09. The van der Waals surface area contributed by atoms with Crippen molar-refractivity contribution in [2.24, 2.45) is 0 Å². The van der Waals surface area contributed by atoms with E-state index in [-0.39, 0.29) is 5.75 Å². The third-order valence-electron chi connectivity index (χ3n) is 3.54. The van der Waals surface area contributed by atoms with Crippen molar-refractivity contribution in [1.29, 1.82) is 0 Å². The van der Waals surface area contributed by atoms with Crippen LogP contribution in [0.4, 0.5) is 0 Å². The van der Waals surface area contributed by atoms with Crippen LogP contribution in [0.15, 0.2) is 0 Å². The van der Waals surface area contributed by atoms with Gasteiger partial charge in [0.1, 0.15) is 0 Å². The Kier molecular flexibility index (Phi) is 6.00. The van der Waals surface area contributed by atoms with Crippen LogP contribution in [0.1, 0.15) is 47.0 Å². The Balaban J connectivity index is 2.38. The first kappa shape index (κ1) is 16.3. The molecule has 0 bridgehead atoms. The quantitative estimate of drug-likeness (QED) is 0.817. The van der Waals surface area contributed by atoms with Crippen molar-refractivity contribution in [2.45, 2.75) is 63.0 Å².